The first kappa shape index (κ1) is 12.3. The largest absolute Gasteiger partial charge is 0.396 e. The standard InChI is InChI=1S/C13H15NO2/c1-2-11-5-7-12(8-6-11)13(16)14-9-3-4-10-15/h1,5-8,15H,3-4,9-10H2,(H,14,16). The summed E-state index contributed by atoms with van der Waals surface area (Å²) >= 11 is 0. The van der Waals surface area contributed by atoms with E-state index in [-0.39, 0.29) is 12.5 Å². The maximum absolute atomic E-state index is 11.6. The van der Waals surface area contributed by atoms with Crippen LogP contribution in [0, 0.1) is 12.3 Å². The molecular weight excluding hydrogens is 202 g/mol. The lowest BCUT2D eigenvalue weighted by molar-refractivity contribution is 0.0952. The average Bonchev–Trinajstić information content (AvgIpc) is 2.34. The molecule has 1 amide bonds. The third-order valence-corrected chi connectivity index (χ3v) is 2.18. The number of carbonyl (C=O) groups is 1. The summed E-state index contributed by atoms with van der Waals surface area (Å²) in [5, 5.41) is 11.3. The highest BCUT2D eigenvalue weighted by Crippen LogP contribution is 2.03. The summed E-state index contributed by atoms with van der Waals surface area (Å²) in [7, 11) is 0. The van der Waals surface area contributed by atoms with Crippen LogP contribution in [0.2, 0.25) is 0 Å². The number of aliphatic hydroxyl groups is 1. The van der Waals surface area contributed by atoms with E-state index in [1.807, 2.05) is 0 Å². The Morgan fingerprint density at radius 2 is 2.00 bits per heavy atom. The second-order valence-electron chi connectivity index (χ2n) is 3.41. The van der Waals surface area contributed by atoms with E-state index < -0.39 is 0 Å². The highest BCUT2D eigenvalue weighted by atomic mass is 16.2. The average molecular weight is 217 g/mol. The third kappa shape index (κ3) is 3.76. The fraction of sp³-hybridized carbons (Fsp3) is 0.308. The lowest BCUT2D eigenvalue weighted by Crippen LogP contribution is -2.24. The summed E-state index contributed by atoms with van der Waals surface area (Å²) < 4.78 is 0. The van der Waals surface area contributed by atoms with Crippen LogP contribution in [0.3, 0.4) is 0 Å². The number of rotatable bonds is 5. The number of hydrogen-bond acceptors (Lipinski definition) is 2. The topological polar surface area (TPSA) is 49.3 Å². The van der Waals surface area contributed by atoms with Crippen LogP contribution in [0.25, 0.3) is 0 Å². The molecule has 0 fully saturated rings. The molecule has 1 aromatic carbocycles. The molecule has 0 aliphatic heterocycles. The van der Waals surface area contributed by atoms with Crippen molar-refractivity contribution in [1.82, 2.24) is 5.32 Å². The molecule has 0 heterocycles. The molecule has 0 radical (unpaired) electrons. The van der Waals surface area contributed by atoms with Crippen molar-refractivity contribution in [2.24, 2.45) is 0 Å². The first-order valence-electron chi connectivity index (χ1n) is 5.23. The van der Waals surface area contributed by atoms with Gasteiger partial charge in [-0.3, -0.25) is 4.79 Å². The zero-order valence-corrected chi connectivity index (χ0v) is 9.07. The molecular formula is C13H15NO2. The van der Waals surface area contributed by atoms with E-state index in [0.29, 0.717) is 18.5 Å². The summed E-state index contributed by atoms with van der Waals surface area (Å²) in [4.78, 5) is 11.6. The molecule has 0 bridgehead atoms. The molecule has 0 unspecified atom stereocenters. The van der Waals surface area contributed by atoms with Crippen molar-refractivity contribution in [3.63, 3.8) is 0 Å². The van der Waals surface area contributed by atoms with Crippen molar-refractivity contribution in [3.05, 3.63) is 35.4 Å². The fourth-order valence-corrected chi connectivity index (χ4v) is 1.26. The Morgan fingerprint density at radius 1 is 1.31 bits per heavy atom. The lowest BCUT2D eigenvalue weighted by Gasteiger charge is -2.04. The Kier molecular flexibility index (Phi) is 5.10. The molecule has 1 rings (SSSR count). The van der Waals surface area contributed by atoms with Gasteiger partial charge in [-0.05, 0) is 37.1 Å². The molecule has 0 spiro atoms. The number of unbranched alkanes of at least 4 members (excludes halogenated alkanes) is 1. The molecule has 2 N–H and O–H groups in total. The Labute approximate surface area is 95.5 Å². The van der Waals surface area contributed by atoms with E-state index in [2.05, 4.69) is 11.2 Å². The smallest absolute Gasteiger partial charge is 0.251 e. The number of benzene rings is 1. The van der Waals surface area contributed by atoms with Crippen molar-refractivity contribution in [2.45, 2.75) is 12.8 Å². The molecule has 84 valence electrons. The van der Waals surface area contributed by atoms with Crippen molar-refractivity contribution in [1.29, 1.82) is 0 Å². The van der Waals surface area contributed by atoms with Gasteiger partial charge in [-0.25, -0.2) is 0 Å². The highest BCUT2D eigenvalue weighted by molar-refractivity contribution is 5.94. The summed E-state index contributed by atoms with van der Waals surface area (Å²) in [6.07, 6.45) is 6.70. The van der Waals surface area contributed by atoms with Gasteiger partial charge in [0.1, 0.15) is 0 Å². The van der Waals surface area contributed by atoms with Crippen LogP contribution in [0.15, 0.2) is 24.3 Å². The highest BCUT2D eigenvalue weighted by Gasteiger charge is 2.03. The SMILES string of the molecule is C#Cc1ccc(C(=O)NCCCCO)cc1. The molecule has 0 aliphatic rings. The zero-order valence-electron chi connectivity index (χ0n) is 9.07. The fourth-order valence-electron chi connectivity index (χ4n) is 1.26. The van der Waals surface area contributed by atoms with Gasteiger partial charge in [0.15, 0.2) is 0 Å². The molecule has 1 aromatic rings. The van der Waals surface area contributed by atoms with E-state index in [1.165, 1.54) is 0 Å². The normalized spacial score (nSPS) is 9.50. The Hall–Kier alpha value is -1.79. The predicted octanol–water partition coefficient (Wildman–Crippen LogP) is 1.17. The quantitative estimate of drug-likeness (QED) is 0.574. The van der Waals surface area contributed by atoms with Crippen molar-refractivity contribution < 1.29 is 9.90 Å². The van der Waals surface area contributed by atoms with Crippen LogP contribution in [-0.4, -0.2) is 24.2 Å². The first-order chi connectivity index (χ1) is 7.77. The van der Waals surface area contributed by atoms with Crippen LogP contribution < -0.4 is 5.32 Å². The van der Waals surface area contributed by atoms with Crippen LogP contribution in [0.5, 0.6) is 0 Å². The minimum atomic E-state index is -0.110. The summed E-state index contributed by atoms with van der Waals surface area (Å²) in [5.74, 6) is 2.38. The molecule has 0 saturated heterocycles. The Morgan fingerprint density at radius 3 is 2.56 bits per heavy atom. The van der Waals surface area contributed by atoms with E-state index >= 15 is 0 Å². The minimum absolute atomic E-state index is 0.110. The summed E-state index contributed by atoms with van der Waals surface area (Å²) in [6, 6.07) is 6.89. The maximum Gasteiger partial charge on any atom is 0.251 e. The molecule has 0 aliphatic carbocycles. The summed E-state index contributed by atoms with van der Waals surface area (Å²) in [6.45, 7) is 0.739. The maximum atomic E-state index is 11.6. The molecule has 3 heteroatoms. The third-order valence-electron chi connectivity index (χ3n) is 2.18. The van der Waals surface area contributed by atoms with Crippen molar-refractivity contribution in [3.8, 4) is 12.3 Å². The number of hydrogen-bond donors (Lipinski definition) is 2. The van der Waals surface area contributed by atoms with Gasteiger partial charge in [0.05, 0.1) is 0 Å². The van der Waals surface area contributed by atoms with Crippen molar-refractivity contribution in [2.75, 3.05) is 13.2 Å². The lowest BCUT2D eigenvalue weighted by atomic mass is 10.1. The number of nitrogens with one attached hydrogen (secondary N) is 1. The minimum Gasteiger partial charge on any atom is -0.396 e. The monoisotopic (exact) mass is 217 g/mol. The predicted molar refractivity (Wildman–Crippen MR) is 63.0 cm³/mol. The van der Waals surface area contributed by atoms with Crippen LogP contribution in [0.4, 0.5) is 0 Å². The number of carbonyl (C=O) groups excluding carboxylic acids is 1. The van der Waals surface area contributed by atoms with Crippen LogP contribution >= 0.6 is 0 Å². The first-order valence-corrected chi connectivity index (χ1v) is 5.23. The second kappa shape index (κ2) is 6.65. The van der Waals surface area contributed by atoms with Crippen molar-refractivity contribution >= 4 is 5.91 Å². The molecule has 0 aromatic heterocycles. The van der Waals surface area contributed by atoms with Gasteiger partial charge in [0.2, 0.25) is 0 Å². The summed E-state index contributed by atoms with van der Waals surface area (Å²) in [5.41, 5.74) is 1.36. The van der Waals surface area contributed by atoms with Gasteiger partial charge in [0, 0.05) is 24.3 Å². The van der Waals surface area contributed by atoms with Gasteiger partial charge in [-0.15, -0.1) is 6.42 Å². The zero-order chi connectivity index (χ0) is 11.8. The molecule has 3 nitrogen and oxygen atoms in total. The number of amides is 1. The van der Waals surface area contributed by atoms with Gasteiger partial charge in [0.25, 0.3) is 5.91 Å². The number of aliphatic hydroxyl groups excluding tert-OH is 1. The van der Waals surface area contributed by atoms with E-state index in [1.54, 1.807) is 24.3 Å². The molecule has 0 atom stereocenters. The van der Waals surface area contributed by atoms with Gasteiger partial charge < -0.3 is 10.4 Å². The van der Waals surface area contributed by atoms with E-state index in [4.69, 9.17) is 11.5 Å². The van der Waals surface area contributed by atoms with Gasteiger partial charge in [-0.1, -0.05) is 5.92 Å². The second-order valence-corrected chi connectivity index (χ2v) is 3.41. The van der Waals surface area contributed by atoms with E-state index in [9.17, 15) is 4.79 Å². The van der Waals surface area contributed by atoms with Crippen LogP contribution in [-0.2, 0) is 0 Å². The Bertz CT molecular complexity index is 376. The molecule has 16 heavy (non-hydrogen) atoms. The number of terminal acetylenes is 1. The molecule has 0 saturated carbocycles. The Balaban J connectivity index is 2.44. The van der Waals surface area contributed by atoms with E-state index in [0.717, 1.165) is 12.0 Å². The van der Waals surface area contributed by atoms with Crippen LogP contribution in [0.1, 0.15) is 28.8 Å². The van der Waals surface area contributed by atoms with Gasteiger partial charge in [-0.2, -0.15) is 0 Å². The van der Waals surface area contributed by atoms with Gasteiger partial charge >= 0.3 is 0 Å².